The third kappa shape index (κ3) is 3.32. The molecule has 1 aliphatic carbocycles. The van der Waals surface area contributed by atoms with Gasteiger partial charge in [0.15, 0.2) is 10.8 Å². The predicted octanol–water partition coefficient (Wildman–Crippen LogP) is 3.55. The summed E-state index contributed by atoms with van der Waals surface area (Å²) in [6.45, 7) is 0.822. The second kappa shape index (κ2) is 6.39. The number of hydrogen-bond donors (Lipinski definition) is 0. The van der Waals surface area contributed by atoms with Crippen LogP contribution < -0.4 is 0 Å². The van der Waals surface area contributed by atoms with Crippen molar-refractivity contribution in [2.24, 2.45) is 0 Å². The Morgan fingerprint density at radius 1 is 1.24 bits per heavy atom. The van der Waals surface area contributed by atoms with Gasteiger partial charge in [-0.3, -0.25) is 0 Å². The molecule has 5 nitrogen and oxygen atoms in total. The highest BCUT2D eigenvalue weighted by molar-refractivity contribution is 6.35. The van der Waals surface area contributed by atoms with Gasteiger partial charge in [0.1, 0.15) is 12.2 Å². The molecule has 0 amide bonds. The summed E-state index contributed by atoms with van der Waals surface area (Å²) in [6.07, 6.45) is 12.9. The summed E-state index contributed by atoms with van der Waals surface area (Å²) >= 11 is 11.8. The average Bonchev–Trinajstić information content (AvgIpc) is 2.68. The monoisotopic (exact) mass is 322 g/mol. The smallest absolute Gasteiger partial charge is 0.225 e. The van der Waals surface area contributed by atoms with Gasteiger partial charge in [-0.1, -0.05) is 42.0 Å². The zero-order chi connectivity index (χ0) is 14.7. The van der Waals surface area contributed by atoms with Crippen LogP contribution in [-0.4, -0.2) is 26.1 Å². The third-order valence-electron chi connectivity index (χ3n) is 2.95. The maximum absolute atomic E-state index is 6.07. The molecule has 0 bridgehead atoms. The van der Waals surface area contributed by atoms with Gasteiger partial charge in [0.05, 0.1) is 12.9 Å². The first-order valence-electron chi connectivity index (χ1n) is 6.38. The van der Waals surface area contributed by atoms with E-state index in [1.807, 2.05) is 12.2 Å². The van der Waals surface area contributed by atoms with Crippen LogP contribution in [0.15, 0.2) is 42.3 Å². The lowest BCUT2D eigenvalue weighted by Crippen LogP contribution is -2.04. The molecule has 2 heterocycles. The first kappa shape index (κ1) is 14.3. The van der Waals surface area contributed by atoms with Crippen molar-refractivity contribution in [1.29, 1.82) is 0 Å². The molecule has 0 radical (unpaired) electrons. The number of rotatable bonds is 4. The van der Waals surface area contributed by atoms with Gasteiger partial charge in [0, 0.05) is 0 Å². The topological polar surface area (TPSA) is 52.8 Å². The van der Waals surface area contributed by atoms with Gasteiger partial charge in [-0.05, 0) is 23.6 Å². The summed E-state index contributed by atoms with van der Waals surface area (Å²) in [5, 5.41) is 0.349. The second-order valence-electron chi connectivity index (χ2n) is 4.46. The predicted molar refractivity (Wildman–Crippen MR) is 82.3 cm³/mol. The first-order chi connectivity index (χ1) is 10.2. The molecule has 0 N–H and O–H groups in total. The Hall–Kier alpha value is -1.69. The van der Waals surface area contributed by atoms with Crippen molar-refractivity contribution in [3.63, 3.8) is 0 Å². The molecule has 0 unspecified atom stereocenters. The van der Waals surface area contributed by atoms with Crippen LogP contribution in [0.5, 0.6) is 0 Å². The highest BCUT2D eigenvalue weighted by atomic mass is 35.5. The van der Waals surface area contributed by atoms with E-state index in [0.717, 1.165) is 12.0 Å². The van der Waals surface area contributed by atoms with E-state index >= 15 is 0 Å². The number of aromatic nitrogens is 4. The van der Waals surface area contributed by atoms with E-state index < -0.39 is 0 Å². The summed E-state index contributed by atoms with van der Waals surface area (Å²) in [5.74, 6) is 0. The molecule has 2 aromatic heterocycles. The lowest BCUT2D eigenvalue weighted by molar-refractivity contribution is 0.0993. The fourth-order valence-electron chi connectivity index (χ4n) is 1.99. The molecule has 21 heavy (non-hydrogen) atoms. The summed E-state index contributed by atoms with van der Waals surface area (Å²) in [6, 6.07) is 0. The van der Waals surface area contributed by atoms with Crippen LogP contribution in [0.2, 0.25) is 10.4 Å². The van der Waals surface area contributed by atoms with Crippen molar-refractivity contribution in [3.8, 4) is 0 Å². The number of nitrogens with zero attached hydrogens (tertiary/aromatic N) is 4. The molecule has 0 atom stereocenters. The molecule has 108 valence electrons. The molecule has 0 aliphatic heterocycles. The maximum Gasteiger partial charge on any atom is 0.225 e. The van der Waals surface area contributed by atoms with Gasteiger partial charge in [-0.15, -0.1) is 0 Å². The first-order valence-corrected chi connectivity index (χ1v) is 7.13. The van der Waals surface area contributed by atoms with E-state index in [0.29, 0.717) is 24.5 Å². The van der Waals surface area contributed by atoms with Gasteiger partial charge >= 0.3 is 0 Å². The van der Waals surface area contributed by atoms with E-state index in [9.17, 15) is 0 Å². The Morgan fingerprint density at radius 3 is 3.05 bits per heavy atom. The highest BCUT2D eigenvalue weighted by Crippen LogP contribution is 2.21. The van der Waals surface area contributed by atoms with E-state index in [4.69, 9.17) is 27.9 Å². The number of fused-ring (bicyclic) bond motifs is 1. The molecule has 0 saturated heterocycles. The van der Waals surface area contributed by atoms with Crippen molar-refractivity contribution in [2.45, 2.75) is 13.2 Å². The fraction of sp³-hybridized carbons (Fsp3) is 0.214. The molecule has 0 fully saturated rings. The van der Waals surface area contributed by atoms with Crippen LogP contribution in [0.25, 0.3) is 11.2 Å². The van der Waals surface area contributed by atoms with Gasteiger partial charge in [-0.2, -0.15) is 4.98 Å². The minimum absolute atomic E-state index is 0.0826. The van der Waals surface area contributed by atoms with Crippen LogP contribution in [0.1, 0.15) is 6.42 Å². The zero-order valence-corrected chi connectivity index (χ0v) is 12.6. The van der Waals surface area contributed by atoms with Gasteiger partial charge < -0.3 is 9.30 Å². The van der Waals surface area contributed by atoms with Crippen molar-refractivity contribution in [3.05, 3.63) is 52.7 Å². The van der Waals surface area contributed by atoms with Crippen molar-refractivity contribution >= 4 is 34.4 Å². The van der Waals surface area contributed by atoms with Gasteiger partial charge in [0.25, 0.3) is 0 Å². The standard InChI is InChI=1S/C14H12Cl2N4O/c15-12-11-13(19-14(16)18-12)17-8-20(11)9-21-7-10-5-3-1-2-4-6-10/h1,3-6,8H,2,7,9H2. The molecule has 0 aromatic carbocycles. The number of imidazole rings is 1. The van der Waals surface area contributed by atoms with Gasteiger partial charge in [-0.25, -0.2) is 9.97 Å². The maximum atomic E-state index is 6.07. The Labute approximate surface area is 131 Å². The van der Waals surface area contributed by atoms with Crippen LogP contribution >= 0.6 is 23.2 Å². The molecular formula is C14H12Cl2N4O. The minimum atomic E-state index is 0.0826. The quantitative estimate of drug-likeness (QED) is 0.638. The average molecular weight is 323 g/mol. The minimum Gasteiger partial charge on any atom is -0.356 e. The molecule has 3 rings (SSSR count). The van der Waals surface area contributed by atoms with Crippen LogP contribution in [0.4, 0.5) is 0 Å². The molecular weight excluding hydrogens is 311 g/mol. The normalized spacial score (nSPS) is 14.5. The lowest BCUT2D eigenvalue weighted by atomic mass is 10.2. The summed E-state index contributed by atoms with van der Waals surface area (Å²) < 4.78 is 7.44. The van der Waals surface area contributed by atoms with Crippen LogP contribution in [0, 0.1) is 0 Å². The van der Waals surface area contributed by atoms with E-state index in [1.54, 1.807) is 10.9 Å². The summed E-state index contributed by atoms with van der Waals surface area (Å²) in [4.78, 5) is 12.1. The second-order valence-corrected chi connectivity index (χ2v) is 5.15. The lowest BCUT2D eigenvalue weighted by Gasteiger charge is -2.07. The molecule has 1 aliphatic rings. The SMILES string of the molecule is Clc1nc(Cl)c2c(ncn2COCC2=CC=CCC=C2)n1. The third-order valence-corrected chi connectivity index (χ3v) is 3.38. The fourth-order valence-corrected chi connectivity index (χ4v) is 2.47. The van der Waals surface area contributed by atoms with Crippen molar-refractivity contribution in [1.82, 2.24) is 19.5 Å². The Bertz CT molecular complexity index is 749. The Morgan fingerprint density at radius 2 is 2.14 bits per heavy atom. The summed E-state index contributed by atoms with van der Waals surface area (Å²) in [7, 11) is 0. The number of ether oxygens (including phenoxy) is 1. The summed E-state index contributed by atoms with van der Waals surface area (Å²) in [5.41, 5.74) is 2.19. The van der Waals surface area contributed by atoms with E-state index in [1.165, 1.54) is 0 Å². The van der Waals surface area contributed by atoms with Crippen molar-refractivity contribution < 1.29 is 4.74 Å². The number of allylic oxidation sites excluding steroid dienone is 4. The van der Waals surface area contributed by atoms with Crippen LogP contribution in [0.3, 0.4) is 0 Å². The molecule has 0 saturated carbocycles. The molecule has 0 spiro atoms. The largest absolute Gasteiger partial charge is 0.356 e. The zero-order valence-electron chi connectivity index (χ0n) is 11.0. The number of hydrogen-bond acceptors (Lipinski definition) is 4. The highest BCUT2D eigenvalue weighted by Gasteiger charge is 2.11. The van der Waals surface area contributed by atoms with Gasteiger partial charge in [0.2, 0.25) is 5.28 Å². The van der Waals surface area contributed by atoms with E-state index in [-0.39, 0.29) is 10.4 Å². The Balaban J connectivity index is 1.71. The Kier molecular flexibility index (Phi) is 4.34. The number of halogens is 2. The van der Waals surface area contributed by atoms with Crippen molar-refractivity contribution in [2.75, 3.05) is 6.61 Å². The molecule has 7 heteroatoms. The van der Waals surface area contributed by atoms with Crippen LogP contribution in [-0.2, 0) is 11.5 Å². The molecule has 2 aromatic rings. The van der Waals surface area contributed by atoms with E-state index in [2.05, 4.69) is 33.2 Å².